The first-order chi connectivity index (χ1) is 19.3. The molecule has 10 heteroatoms. The molecule has 5 fully saturated rings. The van der Waals surface area contributed by atoms with Gasteiger partial charge in [-0.3, -0.25) is 0 Å². The highest BCUT2D eigenvalue weighted by Crippen LogP contribution is 2.70. The van der Waals surface area contributed by atoms with E-state index in [4.69, 9.17) is 14.2 Å². The Kier molecular flexibility index (Phi) is 7.29. The standard InChI is InChI=1S/C31H46O10/c1-16-10-22(27(39-3)26(36)25(16)35)41-18-4-7-29(15-32)21-12-23(33)28(2)19(17-11-24(34)40-14-17)6-9-31(28,38)20(21)5-8-30(29,37)13-18/h11,15-16,18-23,25-27,33,35-38H,4-10,12-14H2,1-3H3/t16-,18+,19-,20+,21-,22-,23+,25+,26+,27-,28-,29-,30-,31-/m0/s1. The van der Waals surface area contributed by atoms with Crippen molar-refractivity contribution >= 4 is 12.3 Å². The van der Waals surface area contributed by atoms with Crippen LogP contribution >= 0.6 is 0 Å². The van der Waals surface area contributed by atoms with Crippen molar-refractivity contribution < 1.29 is 49.3 Å². The van der Waals surface area contributed by atoms with Crippen molar-refractivity contribution in [3.8, 4) is 0 Å². The number of aldehydes is 1. The Morgan fingerprint density at radius 2 is 1.78 bits per heavy atom. The molecule has 0 saturated heterocycles. The van der Waals surface area contributed by atoms with E-state index in [-0.39, 0.29) is 43.3 Å². The smallest absolute Gasteiger partial charge is 0.331 e. The molecule has 1 heterocycles. The zero-order valence-electron chi connectivity index (χ0n) is 24.3. The summed E-state index contributed by atoms with van der Waals surface area (Å²) in [6.07, 6.45) is 1.72. The van der Waals surface area contributed by atoms with E-state index >= 15 is 0 Å². The summed E-state index contributed by atoms with van der Waals surface area (Å²) in [6, 6.07) is 0. The summed E-state index contributed by atoms with van der Waals surface area (Å²) in [5.74, 6) is -1.46. The van der Waals surface area contributed by atoms with Crippen LogP contribution in [0.4, 0.5) is 0 Å². The minimum Gasteiger partial charge on any atom is -0.458 e. The number of carbonyl (C=O) groups is 2. The van der Waals surface area contributed by atoms with Gasteiger partial charge in [-0.05, 0) is 80.6 Å². The van der Waals surface area contributed by atoms with Crippen LogP contribution in [0, 0.1) is 34.5 Å². The van der Waals surface area contributed by atoms with Crippen molar-refractivity contribution in [3.05, 3.63) is 11.6 Å². The van der Waals surface area contributed by atoms with Crippen LogP contribution < -0.4 is 0 Å². The maximum absolute atomic E-state index is 13.1. The topological polar surface area (TPSA) is 163 Å². The quantitative estimate of drug-likeness (QED) is 0.235. The predicted octanol–water partition coefficient (Wildman–Crippen LogP) is 1.04. The fourth-order valence-corrected chi connectivity index (χ4v) is 10.5. The number of methoxy groups -OCH3 is 1. The van der Waals surface area contributed by atoms with Gasteiger partial charge in [0.1, 0.15) is 25.1 Å². The van der Waals surface area contributed by atoms with E-state index in [0.717, 1.165) is 11.9 Å². The molecule has 5 N–H and O–H groups in total. The van der Waals surface area contributed by atoms with Gasteiger partial charge in [-0.15, -0.1) is 0 Å². The van der Waals surface area contributed by atoms with Crippen LogP contribution in [0.3, 0.4) is 0 Å². The van der Waals surface area contributed by atoms with Gasteiger partial charge in [-0.2, -0.15) is 0 Å². The van der Waals surface area contributed by atoms with Crippen molar-refractivity contribution in [2.75, 3.05) is 13.7 Å². The molecule has 5 saturated carbocycles. The van der Waals surface area contributed by atoms with E-state index in [9.17, 15) is 35.1 Å². The monoisotopic (exact) mass is 578 g/mol. The largest absolute Gasteiger partial charge is 0.458 e. The van der Waals surface area contributed by atoms with Crippen LogP contribution in [0.1, 0.15) is 71.6 Å². The number of carbonyl (C=O) groups excluding carboxylic acids is 2. The van der Waals surface area contributed by atoms with Crippen LogP contribution in [-0.2, 0) is 23.8 Å². The number of aliphatic hydroxyl groups is 5. The minimum atomic E-state index is -1.37. The molecule has 0 aromatic carbocycles. The van der Waals surface area contributed by atoms with Gasteiger partial charge in [-0.1, -0.05) is 13.8 Å². The molecule has 5 aliphatic carbocycles. The second-order valence-electron chi connectivity index (χ2n) is 14.3. The Labute approximate surface area is 241 Å². The number of ether oxygens (including phenoxy) is 3. The van der Waals surface area contributed by atoms with E-state index < -0.39 is 64.4 Å². The van der Waals surface area contributed by atoms with Crippen LogP contribution in [0.2, 0.25) is 0 Å². The van der Waals surface area contributed by atoms with Crippen molar-refractivity contribution in [2.45, 2.75) is 119 Å². The molecular formula is C31H46O10. The third-order valence-corrected chi connectivity index (χ3v) is 12.8. The van der Waals surface area contributed by atoms with Gasteiger partial charge in [-0.25, -0.2) is 4.79 Å². The number of aliphatic hydroxyl groups excluding tert-OH is 3. The van der Waals surface area contributed by atoms with Gasteiger partial charge >= 0.3 is 5.97 Å². The van der Waals surface area contributed by atoms with Gasteiger partial charge in [0.25, 0.3) is 0 Å². The molecule has 230 valence electrons. The molecule has 0 aromatic rings. The Balaban J connectivity index is 1.25. The maximum atomic E-state index is 13.1. The lowest BCUT2D eigenvalue weighted by Crippen LogP contribution is -2.71. The molecule has 0 aromatic heterocycles. The zero-order valence-corrected chi connectivity index (χ0v) is 24.3. The normalized spacial score (nSPS) is 54.9. The van der Waals surface area contributed by atoms with Gasteiger partial charge < -0.3 is 44.5 Å². The molecule has 14 atom stereocenters. The third kappa shape index (κ3) is 4.01. The SMILES string of the molecule is CO[C@@H]1[C@H](O)[C@H](O)[C@@H](C)C[C@@H]1O[C@@H]1CC[C@]2(C=O)[C@H]3C[C@@H](O)[C@]4(C)[C@H](C5=CC(=O)OC5)CC[C@]4(O)[C@@H]3CC[C@]2(O)C1. The molecule has 6 rings (SSSR count). The number of esters is 1. The summed E-state index contributed by atoms with van der Waals surface area (Å²) in [7, 11) is 1.48. The lowest BCUT2D eigenvalue weighted by molar-refractivity contribution is -0.277. The summed E-state index contributed by atoms with van der Waals surface area (Å²) >= 11 is 0. The number of hydrogen-bond acceptors (Lipinski definition) is 10. The molecule has 0 radical (unpaired) electrons. The number of cyclic esters (lactones) is 1. The van der Waals surface area contributed by atoms with Gasteiger partial charge in [0.2, 0.25) is 0 Å². The highest BCUT2D eigenvalue weighted by atomic mass is 16.6. The highest BCUT2D eigenvalue weighted by molar-refractivity contribution is 5.85. The van der Waals surface area contributed by atoms with Crippen LogP contribution in [0.25, 0.3) is 0 Å². The summed E-state index contributed by atoms with van der Waals surface area (Å²) in [6.45, 7) is 3.95. The van der Waals surface area contributed by atoms with Crippen molar-refractivity contribution in [3.63, 3.8) is 0 Å². The molecular weight excluding hydrogens is 532 g/mol. The maximum Gasteiger partial charge on any atom is 0.331 e. The Bertz CT molecular complexity index is 1090. The number of fused-ring (bicyclic) bond motifs is 5. The Morgan fingerprint density at radius 3 is 2.44 bits per heavy atom. The van der Waals surface area contributed by atoms with Crippen molar-refractivity contribution in [1.82, 2.24) is 0 Å². The third-order valence-electron chi connectivity index (χ3n) is 12.8. The highest BCUT2D eigenvalue weighted by Gasteiger charge is 2.74. The zero-order chi connectivity index (χ0) is 29.5. The van der Waals surface area contributed by atoms with Crippen molar-refractivity contribution in [2.24, 2.45) is 34.5 Å². The second-order valence-corrected chi connectivity index (χ2v) is 14.3. The van der Waals surface area contributed by atoms with E-state index in [1.165, 1.54) is 13.2 Å². The summed E-state index contributed by atoms with van der Waals surface area (Å²) < 4.78 is 17.1. The van der Waals surface area contributed by atoms with Crippen LogP contribution in [-0.4, -0.2) is 99.3 Å². The van der Waals surface area contributed by atoms with Crippen LogP contribution in [0.15, 0.2) is 11.6 Å². The molecule has 0 bridgehead atoms. The molecule has 0 spiro atoms. The number of rotatable bonds is 5. The summed E-state index contributed by atoms with van der Waals surface area (Å²) in [4.78, 5) is 24.9. The van der Waals surface area contributed by atoms with E-state index in [1.807, 2.05) is 13.8 Å². The fraction of sp³-hybridized carbons (Fsp3) is 0.871. The first kappa shape index (κ1) is 29.7. The molecule has 0 amide bonds. The van der Waals surface area contributed by atoms with Gasteiger partial charge in [0.05, 0.1) is 41.0 Å². The first-order valence-corrected chi connectivity index (χ1v) is 15.4. The molecule has 10 nitrogen and oxygen atoms in total. The summed E-state index contributed by atoms with van der Waals surface area (Å²) in [5, 5.41) is 57.3. The minimum absolute atomic E-state index is 0.176. The van der Waals surface area contributed by atoms with E-state index in [1.54, 1.807) is 0 Å². The van der Waals surface area contributed by atoms with Crippen LogP contribution in [0.5, 0.6) is 0 Å². The lowest BCUT2D eigenvalue weighted by Gasteiger charge is -2.66. The van der Waals surface area contributed by atoms with E-state index in [2.05, 4.69) is 0 Å². The van der Waals surface area contributed by atoms with Gasteiger partial charge in [0, 0.05) is 25.0 Å². The van der Waals surface area contributed by atoms with E-state index in [0.29, 0.717) is 44.9 Å². The average molecular weight is 579 g/mol. The molecule has 0 unspecified atom stereocenters. The molecule has 1 aliphatic heterocycles. The average Bonchev–Trinajstić information content (AvgIpc) is 3.48. The van der Waals surface area contributed by atoms with Crippen molar-refractivity contribution in [1.29, 1.82) is 0 Å². The lowest BCUT2D eigenvalue weighted by atomic mass is 9.41. The van der Waals surface area contributed by atoms with Gasteiger partial charge in [0.15, 0.2) is 0 Å². The Morgan fingerprint density at radius 1 is 1.02 bits per heavy atom. The number of hydrogen-bond donors (Lipinski definition) is 5. The summed E-state index contributed by atoms with van der Waals surface area (Å²) in [5.41, 5.74) is -3.83. The first-order valence-electron chi connectivity index (χ1n) is 15.4. The Hall–Kier alpha value is -1.40. The molecule has 41 heavy (non-hydrogen) atoms. The predicted molar refractivity (Wildman–Crippen MR) is 144 cm³/mol. The molecule has 6 aliphatic rings. The fourth-order valence-electron chi connectivity index (χ4n) is 10.5. The second kappa shape index (κ2) is 10.1.